The number of pyridine rings is 1. The molecule has 0 aliphatic rings. The summed E-state index contributed by atoms with van der Waals surface area (Å²) in [5.74, 6) is 0.321. The summed E-state index contributed by atoms with van der Waals surface area (Å²) in [6.07, 6.45) is -2.61. The number of carbonyl (C=O) groups excluding carboxylic acids is 1. The van der Waals surface area contributed by atoms with Crippen LogP contribution in [0.1, 0.15) is 23.1 Å². The molecule has 25 heavy (non-hydrogen) atoms. The smallest absolute Gasteiger partial charge is 0.370 e. The number of anilines is 1. The first-order valence-electron chi connectivity index (χ1n) is 7.94. The van der Waals surface area contributed by atoms with Gasteiger partial charge in [0.2, 0.25) is 5.91 Å². The third-order valence-corrected chi connectivity index (χ3v) is 3.68. The topological polar surface area (TPSA) is 54.0 Å². The highest BCUT2D eigenvalue weighted by Crippen LogP contribution is 2.28. The molecule has 1 heterocycles. The minimum Gasteiger partial charge on any atom is -0.370 e. The molecule has 0 aliphatic carbocycles. The lowest BCUT2D eigenvalue weighted by atomic mass is 10.1. The van der Waals surface area contributed by atoms with Crippen molar-refractivity contribution in [1.29, 1.82) is 0 Å². The second-order valence-electron chi connectivity index (χ2n) is 5.66. The molecular weight excluding hydrogens is 331 g/mol. The van der Waals surface area contributed by atoms with E-state index in [9.17, 15) is 18.0 Å². The molecule has 0 aliphatic heterocycles. The zero-order chi connectivity index (χ0) is 18.3. The fraction of sp³-hybridized carbons (Fsp3) is 0.333. The van der Waals surface area contributed by atoms with Crippen molar-refractivity contribution in [3.63, 3.8) is 0 Å². The van der Waals surface area contributed by atoms with E-state index < -0.39 is 11.7 Å². The fourth-order valence-corrected chi connectivity index (χ4v) is 2.24. The van der Waals surface area contributed by atoms with E-state index in [1.165, 1.54) is 6.07 Å². The van der Waals surface area contributed by atoms with E-state index >= 15 is 0 Å². The summed E-state index contributed by atoms with van der Waals surface area (Å²) in [5, 5.41) is 5.75. The van der Waals surface area contributed by atoms with Crippen LogP contribution < -0.4 is 10.6 Å². The normalized spacial score (nSPS) is 11.2. The van der Waals surface area contributed by atoms with Crippen molar-refractivity contribution in [1.82, 2.24) is 10.3 Å². The van der Waals surface area contributed by atoms with Crippen LogP contribution >= 0.6 is 0 Å². The van der Waals surface area contributed by atoms with Gasteiger partial charge in [0.25, 0.3) is 0 Å². The van der Waals surface area contributed by atoms with Crippen molar-refractivity contribution in [2.75, 3.05) is 18.4 Å². The lowest BCUT2D eigenvalue weighted by Crippen LogP contribution is -2.27. The van der Waals surface area contributed by atoms with Crippen LogP contribution in [-0.2, 0) is 17.4 Å². The largest absolute Gasteiger partial charge is 0.417 e. The number of hydrogen-bond donors (Lipinski definition) is 2. The molecule has 7 heteroatoms. The average molecular weight is 351 g/mol. The minimum atomic E-state index is -4.38. The number of amides is 1. The van der Waals surface area contributed by atoms with Gasteiger partial charge in [0.15, 0.2) is 0 Å². The number of nitrogens with one attached hydrogen (secondary N) is 2. The Labute approximate surface area is 144 Å². The van der Waals surface area contributed by atoms with E-state index in [-0.39, 0.29) is 5.91 Å². The van der Waals surface area contributed by atoms with E-state index in [4.69, 9.17) is 0 Å². The summed E-state index contributed by atoms with van der Waals surface area (Å²) < 4.78 is 37.3. The lowest BCUT2D eigenvalue weighted by Gasteiger charge is -2.09. The minimum absolute atomic E-state index is 0.0537. The van der Waals surface area contributed by atoms with Gasteiger partial charge >= 0.3 is 6.18 Å². The number of aryl methyl sites for hydroxylation is 1. The van der Waals surface area contributed by atoms with Gasteiger partial charge in [0, 0.05) is 19.3 Å². The Morgan fingerprint density at radius 2 is 1.88 bits per heavy atom. The van der Waals surface area contributed by atoms with Crippen molar-refractivity contribution in [3.8, 4) is 0 Å². The number of alkyl halides is 3. The number of rotatable bonds is 7. The number of halogens is 3. The number of aromatic nitrogens is 1. The molecule has 0 radical (unpaired) electrons. The molecule has 0 saturated heterocycles. The highest BCUT2D eigenvalue weighted by atomic mass is 19.4. The van der Waals surface area contributed by atoms with Crippen LogP contribution in [0.2, 0.25) is 0 Å². The van der Waals surface area contributed by atoms with E-state index in [0.29, 0.717) is 31.7 Å². The molecule has 1 aromatic carbocycles. The summed E-state index contributed by atoms with van der Waals surface area (Å²) in [5.41, 5.74) is 1.29. The van der Waals surface area contributed by atoms with Gasteiger partial charge in [-0.3, -0.25) is 4.79 Å². The molecule has 2 N–H and O–H groups in total. The van der Waals surface area contributed by atoms with Gasteiger partial charge in [-0.15, -0.1) is 0 Å². The summed E-state index contributed by atoms with van der Waals surface area (Å²) >= 11 is 0. The number of hydrogen-bond acceptors (Lipinski definition) is 3. The Morgan fingerprint density at radius 1 is 1.12 bits per heavy atom. The van der Waals surface area contributed by atoms with E-state index in [1.54, 1.807) is 0 Å². The van der Waals surface area contributed by atoms with Crippen molar-refractivity contribution < 1.29 is 18.0 Å². The maximum atomic E-state index is 12.4. The SMILES string of the molecule is Cc1ccccc1CC(=O)NCCCNc1ccc(C(F)(F)F)cn1. The van der Waals surface area contributed by atoms with Crippen LogP contribution in [0.5, 0.6) is 0 Å². The second kappa shape index (κ2) is 8.50. The predicted molar refractivity (Wildman–Crippen MR) is 90.2 cm³/mol. The Bertz CT molecular complexity index is 699. The van der Waals surface area contributed by atoms with Gasteiger partial charge in [-0.2, -0.15) is 13.2 Å². The average Bonchev–Trinajstić information content (AvgIpc) is 2.56. The molecule has 0 unspecified atom stereocenters. The molecular formula is C18H20F3N3O. The molecule has 4 nitrogen and oxygen atoms in total. The summed E-state index contributed by atoms with van der Waals surface area (Å²) in [6, 6.07) is 9.99. The first-order chi connectivity index (χ1) is 11.9. The number of nitrogens with zero attached hydrogens (tertiary/aromatic N) is 1. The molecule has 0 fully saturated rings. The van der Waals surface area contributed by atoms with Crippen LogP contribution in [-0.4, -0.2) is 24.0 Å². The maximum Gasteiger partial charge on any atom is 0.417 e. The summed E-state index contributed by atoms with van der Waals surface area (Å²) in [7, 11) is 0. The van der Waals surface area contributed by atoms with Gasteiger partial charge in [-0.1, -0.05) is 24.3 Å². The summed E-state index contributed by atoms with van der Waals surface area (Å²) in [4.78, 5) is 15.6. The third-order valence-electron chi connectivity index (χ3n) is 3.68. The Morgan fingerprint density at radius 3 is 2.52 bits per heavy atom. The molecule has 134 valence electrons. The zero-order valence-corrected chi connectivity index (χ0v) is 13.9. The van der Waals surface area contributed by atoms with Crippen LogP contribution in [0.15, 0.2) is 42.6 Å². The number of carbonyl (C=O) groups is 1. The zero-order valence-electron chi connectivity index (χ0n) is 13.9. The molecule has 2 aromatic rings. The quantitative estimate of drug-likeness (QED) is 0.750. The molecule has 2 rings (SSSR count). The molecule has 0 saturated carbocycles. The molecule has 1 aromatic heterocycles. The Hall–Kier alpha value is -2.57. The number of benzene rings is 1. The third kappa shape index (κ3) is 6.10. The molecule has 0 bridgehead atoms. The van der Waals surface area contributed by atoms with Gasteiger partial charge in [0.1, 0.15) is 5.82 Å². The van der Waals surface area contributed by atoms with Crippen LogP contribution in [0.25, 0.3) is 0 Å². The second-order valence-corrected chi connectivity index (χ2v) is 5.66. The Balaban J connectivity index is 1.66. The predicted octanol–water partition coefficient (Wildman–Crippen LogP) is 3.57. The van der Waals surface area contributed by atoms with Gasteiger partial charge in [-0.25, -0.2) is 4.98 Å². The fourth-order valence-electron chi connectivity index (χ4n) is 2.24. The molecule has 0 spiro atoms. The van der Waals surface area contributed by atoms with Crippen molar-refractivity contribution in [2.45, 2.75) is 25.9 Å². The summed E-state index contributed by atoms with van der Waals surface area (Å²) in [6.45, 7) is 2.95. The maximum absolute atomic E-state index is 12.4. The van der Waals surface area contributed by atoms with Crippen LogP contribution in [0.4, 0.5) is 19.0 Å². The monoisotopic (exact) mass is 351 g/mol. The van der Waals surface area contributed by atoms with Gasteiger partial charge in [-0.05, 0) is 36.6 Å². The van der Waals surface area contributed by atoms with Crippen LogP contribution in [0, 0.1) is 6.92 Å². The van der Waals surface area contributed by atoms with E-state index in [2.05, 4.69) is 15.6 Å². The molecule has 0 atom stereocenters. The van der Waals surface area contributed by atoms with Gasteiger partial charge in [0.05, 0.1) is 12.0 Å². The highest BCUT2D eigenvalue weighted by molar-refractivity contribution is 5.78. The van der Waals surface area contributed by atoms with E-state index in [1.807, 2.05) is 31.2 Å². The Kier molecular flexibility index (Phi) is 6.38. The first kappa shape index (κ1) is 18.8. The van der Waals surface area contributed by atoms with Gasteiger partial charge < -0.3 is 10.6 Å². The molecule has 1 amide bonds. The first-order valence-corrected chi connectivity index (χ1v) is 7.94. The van der Waals surface area contributed by atoms with Crippen molar-refractivity contribution in [2.24, 2.45) is 0 Å². The lowest BCUT2D eigenvalue weighted by molar-refractivity contribution is -0.137. The van der Waals surface area contributed by atoms with Crippen molar-refractivity contribution >= 4 is 11.7 Å². The van der Waals surface area contributed by atoms with Crippen LogP contribution in [0.3, 0.4) is 0 Å². The van der Waals surface area contributed by atoms with E-state index in [0.717, 1.165) is 23.4 Å². The standard InChI is InChI=1S/C18H20F3N3O/c1-13-5-2-3-6-14(13)11-17(25)23-10-4-9-22-16-8-7-15(12-24-16)18(19,20)21/h2-3,5-8,12H,4,9-11H2,1H3,(H,22,24)(H,23,25). The van der Waals surface area contributed by atoms with Crippen molar-refractivity contribution in [3.05, 3.63) is 59.3 Å². The highest BCUT2D eigenvalue weighted by Gasteiger charge is 2.30.